The zero-order chi connectivity index (χ0) is 14.4. The van der Waals surface area contributed by atoms with E-state index < -0.39 is 11.9 Å². The summed E-state index contributed by atoms with van der Waals surface area (Å²) in [5.74, 6) is -0.808. The molecule has 0 aliphatic heterocycles. The number of carbonyl (C=O) groups is 2. The molecule has 1 atom stereocenters. The van der Waals surface area contributed by atoms with Crippen molar-refractivity contribution in [2.24, 2.45) is 11.5 Å². The monoisotopic (exact) mass is 263 g/mol. The van der Waals surface area contributed by atoms with Gasteiger partial charge < -0.3 is 16.4 Å². The molecule has 1 rings (SSSR count). The first-order valence-electron chi connectivity index (χ1n) is 6.32. The van der Waals surface area contributed by atoms with Crippen molar-refractivity contribution in [3.05, 3.63) is 35.4 Å². The molecule has 0 fully saturated rings. The van der Waals surface area contributed by atoms with Crippen molar-refractivity contribution >= 4 is 11.8 Å². The normalized spacial score (nSPS) is 11.9. The highest BCUT2D eigenvalue weighted by Crippen LogP contribution is 2.11. The van der Waals surface area contributed by atoms with Crippen molar-refractivity contribution in [3.63, 3.8) is 0 Å². The minimum Gasteiger partial charge on any atom is -0.370 e. The molecule has 0 spiro atoms. The molecule has 0 saturated heterocycles. The summed E-state index contributed by atoms with van der Waals surface area (Å²) >= 11 is 0. The van der Waals surface area contributed by atoms with E-state index in [9.17, 15) is 9.59 Å². The molecule has 0 bridgehead atoms. The van der Waals surface area contributed by atoms with Crippen LogP contribution in [-0.4, -0.2) is 29.3 Å². The van der Waals surface area contributed by atoms with Crippen LogP contribution >= 0.6 is 0 Å². The Kier molecular flexibility index (Phi) is 5.51. The van der Waals surface area contributed by atoms with Crippen LogP contribution in [0.3, 0.4) is 0 Å². The van der Waals surface area contributed by atoms with E-state index in [0.717, 1.165) is 11.1 Å². The number of hydrogen-bond acceptors (Lipinski definition) is 3. The van der Waals surface area contributed by atoms with Crippen LogP contribution < -0.4 is 11.5 Å². The number of benzene rings is 1. The second-order valence-electron chi connectivity index (χ2n) is 4.56. The fraction of sp³-hybridized carbons (Fsp3) is 0.429. The van der Waals surface area contributed by atoms with E-state index in [1.54, 1.807) is 4.90 Å². The maximum atomic E-state index is 12.1. The van der Waals surface area contributed by atoms with Gasteiger partial charge in [0.2, 0.25) is 11.8 Å². The maximum absolute atomic E-state index is 12.1. The molecule has 104 valence electrons. The molecular formula is C14H21N3O2. The fourth-order valence-electron chi connectivity index (χ4n) is 1.88. The Bertz CT molecular complexity index is 460. The molecular weight excluding hydrogens is 242 g/mol. The van der Waals surface area contributed by atoms with E-state index in [4.69, 9.17) is 11.5 Å². The molecule has 1 unspecified atom stereocenters. The van der Waals surface area contributed by atoms with Gasteiger partial charge >= 0.3 is 0 Å². The summed E-state index contributed by atoms with van der Waals surface area (Å²) in [6.45, 7) is 4.91. The van der Waals surface area contributed by atoms with Crippen LogP contribution in [0.25, 0.3) is 0 Å². The zero-order valence-electron chi connectivity index (χ0n) is 11.4. The first kappa shape index (κ1) is 15.2. The van der Waals surface area contributed by atoms with Gasteiger partial charge in [0.1, 0.15) is 0 Å². The number of rotatable bonds is 6. The summed E-state index contributed by atoms with van der Waals surface area (Å²) in [6.07, 6.45) is -0.122. The van der Waals surface area contributed by atoms with Crippen LogP contribution in [0.5, 0.6) is 0 Å². The van der Waals surface area contributed by atoms with Crippen molar-refractivity contribution in [3.8, 4) is 0 Å². The minimum atomic E-state index is -0.860. The van der Waals surface area contributed by atoms with Crippen molar-refractivity contribution in [2.45, 2.75) is 32.9 Å². The molecule has 0 heterocycles. The average molecular weight is 263 g/mol. The predicted octanol–water partition coefficient (Wildman–Crippen LogP) is 0.546. The third-order valence-electron chi connectivity index (χ3n) is 3.05. The van der Waals surface area contributed by atoms with Crippen LogP contribution in [0, 0.1) is 6.92 Å². The lowest BCUT2D eigenvalue weighted by molar-refractivity contribution is -0.135. The number of nitrogens with zero attached hydrogens (tertiary/aromatic N) is 1. The summed E-state index contributed by atoms with van der Waals surface area (Å²) < 4.78 is 0. The van der Waals surface area contributed by atoms with Gasteiger partial charge in [-0.3, -0.25) is 9.59 Å². The van der Waals surface area contributed by atoms with Crippen molar-refractivity contribution < 1.29 is 9.59 Å². The Balaban J connectivity index is 2.75. The van der Waals surface area contributed by atoms with E-state index in [1.807, 2.05) is 38.1 Å². The summed E-state index contributed by atoms with van der Waals surface area (Å²) in [5, 5.41) is 0. The Labute approximate surface area is 113 Å². The van der Waals surface area contributed by atoms with Crippen LogP contribution in [-0.2, 0) is 16.1 Å². The van der Waals surface area contributed by atoms with E-state index in [2.05, 4.69) is 0 Å². The predicted molar refractivity (Wildman–Crippen MR) is 74.1 cm³/mol. The van der Waals surface area contributed by atoms with Gasteiger partial charge in [-0.1, -0.05) is 24.3 Å². The van der Waals surface area contributed by atoms with Gasteiger partial charge in [-0.05, 0) is 25.0 Å². The lowest BCUT2D eigenvalue weighted by Gasteiger charge is -2.24. The fourth-order valence-corrected chi connectivity index (χ4v) is 1.88. The number of primary amides is 1. The molecule has 19 heavy (non-hydrogen) atoms. The Morgan fingerprint density at radius 1 is 1.32 bits per heavy atom. The Morgan fingerprint density at radius 2 is 1.95 bits per heavy atom. The maximum Gasteiger partial charge on any atom is 0.240 e. The van der Waals surface area contributed by atoms with Gasteiger partial charge in [0.05, 0.1) is 12.5 Å². The molecule has 0 radical (unpaired) electrons. The summed E-state index contributed by atoms with van der Waals surface area (Å²) in [4.78, 5) is 24.6. The smallest absolute Gasteiger partial charge is 0.240 e. The molecule has 0 aliphatic carbocycles. The molecule has 0 saturated carbocycles. The van der Waals surface area contributed by atoms with Gasteiger partial charge in [0, 0.05) is 13.1 Å². The average Bonchev–Trinajstić information content (AvgIpc) is 2.36. The summed E-state index contributed by atoms with van der Waals surface area (Å²) in [6, 6.07) is 7.00. The number of likely N-dealkylation sites (N-methyl/N-ethyl adjacent to an activating group) is 1. The first-order chi connectivity index (χ1) is 8.95. The molecule has 0 aromatic heterocycles. The molecule has 4 N–H and O–H groups in total. The topological polar surface area (TPSA) is 89.4 Å². The highest BCUT2D eigenvalue weighted by molar-refractivity contribution is 5.87. The third kappa shape index (κ3) is 4.37. The Morgan fingerprint density at radius 3 is 2.47 bits per heavy atom. The van der Waals surface area contributed by atoms with Crippen molar-refractivity contribution in [2.75, 3.05) is 6.54 Å². The van der Waals surface area contributed by atoms with Crippen molar-refractivity contribution in [1.82, 2.24) is 4.90 Å². The number of hydrogen-bond donors (Lipinski definition) is 2. The zero-order valence-corrected chi connectivity index (χ0v) is 11.4. The minimum absolute atomic E-state index is 0.122. The molecule has 1 aromatic rings. The molecule has 5 nitrogen and oxygen atoms in total. The standard InChI is InChI=1S/C14H21N3O2/c1-3-17(14(19)12(15)8-13(16)18)9-11-7-5-4-6-10(11)2/h4-7,12H,3,8-9,15H2,1-2H3,(H2,16,18). The van der Waals surface area contributed by atoms with Crippen LogP contribution in [0.15, 0.2) is 24.3 Å². The van der Waals surface area contributed by atoms with Gasteiger partial charge in [0.25, 0.3) is 0 Å². The second kappa shape index (κ2) is 6.89. The van der Waals surface area contributed by atoms with E-state index in [1.165, 1.54) is 0 Å². The largest absolute Gasteiger partial charge is 0.370 e. The van der Waals surface area contributed by atoms with Gasteiger partial charge in [0.15, 0.2) is 0 Å². The molecule has 0 aliphatic rings. The third-order valence-corrected chi connectivity index (χ3v) is 3.05. The summed E-state index contributed by atoms with van der Waals surface area (Å²) in [7, 11) is 0. The number of nitrogens with two attached hydrogens (primary N) is 2. The van der Waals surface area contributed by atoms with E-state index in [0.29, 0.717) is 13.1 Å². The summed E-state index contributed by atoms with van der Waals surface area (Å²) in [5.41, 5.74) is 12.9. The quantitative estimate of drug-likeness (QED) is 0.785. The van der Waals surface area contributed by atoms with E-state index in [-0.39, 0.29) is 12.3 Å². The van der Waals surface area contributed by atoms with Gasteiger partial charge in [-0.15, -0.1) is 0 Å². The van der Waals surface area contributed by atoms with Crippen LogP contribution in [0.4, 0.5) is 0 Å². The number of amides is 2. The number of aryl methyl sites for hydroxylation is 1. The highest BCUT2D eigenvalue weighted by Gasteiger charge is 2.21. The molecule has 1 aromatic carbocycles. The number of carbonyl (C=O) groups excluding carboxylic acids is 2. The van der Waals surface area contributed by atoms with Crippen molar-refractivity contribution in [1.29, 1.82) is 0 Å². The van der Waals surface area contributed by atoms with Crippen LogP contribution in [0.1, 0.15) is 24.5 Å². The first-order valence-corrected chi connectivity index (χ1v) is 6.32. The van der Waals surface area contributed by atoms with Gasteiger partial charge in [-0.2, -0.15) is 0 Å². The highest BCUT2D eigenvalue weighted by atomic mass is 16.2. The van der Waals surface area contributed by atoms with E-state index >= 15 is 0 Å². The Hall–Kier alpha value is -1.88. The lowest BCUT2D eigenvalue weighted by atomic mass is 10.1. The lowest BCUT2D eigenvalue weighted by Crippen LogP contribution is -2.45. The molecule has 5 heteroatoms. The SMILES string of the molecule is CCN(Cc1ccccc1C)C(=O)C(N)CC(N)=O. The molecule has 2 amide bonds. The van der Waals surface area contributed by atoms with Gasteiger partial charge in [-0.25, -0.2) is 0 Å². The second-order valence-corrected chi connectivity index (χ2v) is 4.56. The van der Waals surface area contributed by atoms with Crippen LogP contribution in [0.2, 0.25) is 0 Å².